The van der Waals surface area contributed by atoms with Gasteiger partial charge in [-0.3, -0.25) is 15.6 Å². The van der Waals surface area contributed by atoms with Gasteiger partial charge in [0.1, 0.15) is 17.8 Å². The van der Waals surface area contributed by atoms with E-state index in [1.807, 2.05) is 13.8 Å². The van der Waals surface area contributed by atoms with Gasteiger partial charge in [0, 0.05) is 5.56 Å². The third-order valence-corrected chi connectivity index (χ3v) is 2.60. The zero-order chi connectivity index (χ0) is 16.1. The molecule has 2 rings (SSSR count). The van der Waals surface area contributed by atoms with Crippen LogP contribution in [0.2, 0.25) is 0 Å². The molecular formula is C14H16FN5O2. The zero-order valence-corrected chi connectivity index (χ0v) is 12.1. The number of carbonyl (C=O) groups is 1. The average Bonchev–Trinajstić information content (AvgIpc) is 2.48. The summed E-state index contributed by atoms with van der Waals surface area (Å²) in [6.07, 6.45) is 1.17. The van der Waals surface area contributed by atoms with Crippen LogP contribution in [0.15, 0.2) is 30.6 Å². The molecule has 8 heteroatoms. The number of nitrogen functional groups attached to an aromatic ring is 1. The first-order valence-corrected chi connectivity index (χ1v) is 6.56. The number of rotatable bonds is 5. The number of nitrogens with one attached hydrogen (secondary N) is 2. The number of hydrazine groups is 1. The van der Waals surface area contributed by atoms with Crippen molar-refractivity contribution >= 4 is 17.4 Å². The fourth-order valence-electron chi connectivity index (χ4n) is 1.59. The summed E-state index contributed by atoms with van der Waals surface area (Å²) in [5.74, 6) is -0.436. The summed E-state index contributed by atoms with van der Waals surface area (Å²) >= 11 is 0. The van der Waals surface area contributed by atoms with Gasteiger partial charge < -0.3 is 10.5 Å². The van der Waals surface area contributed by atoms with E-state index in [-0.39, 0.29) is 23.5 Å². The van der Waals surface area contributed by atoms with Crippen LogP contribution in [0.4, 0.5) is 15.9 Å². The number of nitrogens with two attached hydrogens (primary N) is 1. The van der Waals surface area contributed by atoms with E-state index in [9.17, 15) is 9.18 Å². The molecule has 1 aromatic carbocycles. The highest BCUT2D eigenvalue weighted by Gasteiger charge is 2.12. The summed E-state index contributed by atoms with van der Waals surface area (Å²) in [6.45, 7) is 3.68. The molecule has 0 unspecified atom stereocenters. The van der Waals surface area contributed by atoms with Crippen LogP contribution in [0, 0.1) is 5.82 Å². The molecule has 0 saturated heterocycles. The molecule has 1 heterocycles. The number of anilines is 2. The fourth-order valence-corrected chi connectivity index (χ4v) is 1.59. The van der Waals surface area contributed by atoms with Crippen LogP contribution >= 0.6 is 0 Å². The second kappa shape index (κ2) is 6.70. The van der Waals surface area contributed by atoms with Crippen molar-refractivity contribution in [2.75, 3.05) is 11.2 Å². The minimum Gasteiger partial charge on any atom is -0.473 e. The molecule has 0 aliphatic carbocycles. The zero-order valence-electron chi connectivity index (χ0n) is 12.1. The van der Waals surface area contributed by atoms with Gasteiger partial charge in [0.15, 0.2) is 5.82 Å². The van der Waals surface area contributed by atoms with Gasteiger partial charge >= 0.3 is 0 Å². The first-order valence-electron chi connectivity index (χ1n) is 6.56. The number of aromatic nitrogens is 2. The van der Waals surface area contributed by atoms with Crippen molar-refractivity contribution in [1.82, 2.24) is 15.4 Å². The van der Waals surface area contributed by atoms with E-state index in [4.69, 9.17) is 10.5 Å². The summed E-state index contributed by atoms with van der Waals surface area (Å²) in [4.78, 5) is 19.7. The lowest BCUT2D eigenvalue weighted by Crippen LogP contribution is -2.30. The third kappa shape index (κ3) is 3.81. The topological polar surface area (TPSA) is 102 Å². The van der Waals surface area contributed by atoms with Crippen LogP contribution in [0.1, 0.15) is 24.2 Å². The van der Waals surface area contributed by atoms with Crippen LogP contribution < -0.4 is 21.3 Å². The van der Waals surface area contributed by atoms with Crippen LogP contribution in [0.3, 0.4) is 0 Å². The van der Waals surface area contributed by atoms with E-state index in [0.717, 1.165) is 0 Å². The molecule has 0 spiro atoms. The highest BCUT2D eigenvalue weighted by atomic mass is 19.1. The van der Waals surface area contributed by atoms with Crippen molar-refractivity contribution in [2.45, 2.75) is 20.0 Å². The third-order valence-electron chi connectivity index (χ3n) is 2.60. The molecule has 0 bridgehead atoms. The largest absolute Gasteiger partial charge is 0.473 e. The van der Waals surface area contributed by atoms with E-state index in [1.54, 1.807) is 0 Å². The molecule has 0 saturated carbocycles. The summed E-state index contributed by atoms with van der Waals surface area (Å²) < 4.78 is 18.2. The van der Waals surface area contributed by atoms with Crippen LogP contribution in [-0.2, 0) is 0 Å². The Morgan fingerprint density at radius 2 is 1.95 bits per heavy atom. The van der Waals surface area contributed by atoms with Crippen LogP contribution in [-0.4, -0.2) is 22.0 Å². The van der Waals surface area contributed by atoms with Gasteiger partial charge in [-0.05, 0) is 38.1 Å². The van der Waals surface area contributed by atoms with Gasteiger partial charge in [-0.1, -0.05) is 0 Å². The molecule has 116 valence electrons. The minimum atomic E-state index is -0.454. The number of amides is 1. The smallest absolute Gasteiger partial charge is 0.269 e. The lowest BCUT2D eigenvalue weighted by Gasteiger charge is -2.14. The van der Waals surface area contributed by atoms with Crippen molar-refractivity contribution in [3.8, 4) is 5.88 Å². The molecule has 0 aliphatic heterocycles. The quantitative estimate of drug-likeness (QED) is 0.727. The summed E-state index contributed by atoms with van der Waals surface area (Å²) in [6, 6.07) is 5.12. The number of halogens is 1. The van der Waals surface area contributed by atoms with Crippen LogP contribution in [0.25, 0.3) is 0 Å². The van der Waals surface area contributed by atoms with Crippen molar-refractivity contribution in [3.05, 3.63) is 42.0 Å². The summed E-state index contributed by atoms with van der Waals surface area (Å²) in [5.41, 5.74) is 11.3. The lowest BCUT2D eigenvalue weighted by molar-refractivity contribution is 0.0962. The molecule has 0 radical (unpaired) electrons. The maximum Gasteiger partial charge on any atom is 0.269 e. The first-order chi connectivity index (χ1) is 10.5. The molecule has 4 N–H and O–H groups in total. The maximum atomic E-state index is 12.8. The Balaban J connectivity index is 2.05. The number of ether oxygens (including phenoxy) is 1. The second-order valence-corrected chi connectivity index (χ2v) is 4.69. The molecule has 2 aromatic rings. The van der Waals surface area contributed by atoms with Crippen molar-refractivity contribution in [3.63, 3.8) is 0 Å². The van der Waals surface area contributed by atoms with E-state index < -0.39 is 11.7 Å². The predicted molar refractivity (Wildman–Crippen MR) is 79.7 cm³/mol. The summed E-state index contributed by atoms with van der Waals surface area (Å²) in [5, 5.41) is 0. The first kappa shape index (κ1) is 15.5. The molecular weight excluding hydrogens is 289 g/mol. The number of benzene rings is 1. The SMILES string of the molecule is CC(C)Oc1ncnc(NNC(=O)c2ccc(F)cc2)c1N. The van der Waals surface area contributed by atoms with Crippen molar-refractivity contribution in [2.24, 2.45) is 0 Å². The Bertz CT molecular complexity index is 661. The Hall–Kier alpha value is -2.90. The van der Waals surface area contributed by atoms with Gasteiger partial charge in [-0.2, -0.15) is 4.98 Å². The van der Waals surface area contributed by atoms with E-state index in [2.05, 4.69) is 20.8 Å². The summed E-state index contributed by atoms with van der Waals surface area (Å²) in [7, 11) is 0. The predicted octanol–water partition coefficient (Wildman–Crippen LogP) is 1.74. The standard InChI is InChI=1S/C14H16FN5O2/c1-8(2)22-14-11(16)12(17-7-18-14)19-20-13(21)9-3-5-10(15)6-4-9/h3-8H,16H2,1-2H3,(H,20,21)(H,17,18,19). The molecule has 1 amide bonds. The fraction of sp³-hybridized carbons (Fsp3) is 0.214. The highest BCUT2D eigenvalue weighted by Crippen LogP contribution is 2.24. The molecule has 0 aliphatic rings. The Morgan fingerprint density at radius 1 is 1.27 bits per heavy atom. The van der Waals surface area contributed by atoms with Crippen molar-refractivity contribution in [1.29, 1.82) is 0 Å². The highest BCUT2D eigenvalue weighted by molar-refractivity contribution is 5.95. The second-order valence-electron chi connectivity index (χ2n) is 4.69. The van der Waals surface area contributed by atoms with Gasteiger partial charge in [-0.25, -0.2) is 9.37 Å². The molecule has 0 fully saturated rings. The Kier molecular flexibility index (Phi) is 4.72. The number of hydrogen-bond donors (Lipinski definition) is 3. The van der Waals surface area contributed by atoms with Crippen LogP contribution in [0.5, 0.6) is 5.88 Å². The van der Waals surface area contributed by atoms with Gasteiger partial charge in [0.25, 0.3) is 5.91 Å². The number of nitrogens with zero attached hydrogens (tertiary/aromatic N) is 2. The lowest BCUT2D eigenvalue weighted by atomic mass is 10.2. The van der Waals surface area contributed by atoms with E-state index >= 15 is 0 Å². The normalized spacial score (nSPS) is 10.4. The molecule has 1 aromatic heterocycles. The number of carbonyl (C=O) groups excluding carboxylic acids is 1. The molecule has 0 atom stereocenters. The van der Waals surface area contributed by atoms with E-state index in [0.29, 0.717) is 5.56 Å². The van der Waals surface area contributed by atoms with Crippen molar-refractivity contribution < 1.29 is 13.9 Å². The molecule has 22 heavy (non-hydrogen) atoms. The van der Waals surface area contributed by atoms with Gasteiger partial charge in [0.2, 0.25) is 5.88 Å². The maximum absolute atomic E-state index is 12.8. The van der Waals surface area contributed by atoms with Gasteiger partial charge in [0.05, 0.1) is 6.10 Å². The average molecular weight is 305 g/mol. The molecule has 7 nitrogen and oxygen atoms in total. The van der Waals surface area contributed by atoms with E-state index in [1.165, 1.54) is 30.6 Å². The number of hydrogen-bond acceptors (Lipinski definition) is 6. The van der Waals surface area contributed by atoms with Gasteiger partial charge in [-0.15, -0.1) is 0 Å². The Labute approximate surface area is 126 Å². The monoisotopic (exact) mass is 305 g/mol. The minimum absolute atomic E-state index is 0.0983. The Morgan fingerprint density at radius 3 is 2.59 bits per heavy atom.